The van der Waals surface area contributed by atoms with Crippen LogP contribution < -0.4 is 0 Å². The summed E-state index contributed by atoms with van der Waals surface area (Å²) in [5, 5.41) is 0. The fraction of sp³-hybridized carbons (Fsp3) is 1.00. The van der Waals surface area contributed by atoms with Crippen molar-refractivity contribution >= 4 is 8.15 Å². The Bertz CT molecular complexity index is 93.8. The molecule has 0 N–H and O–H groups in total. The van der Waals surface area contributed by atoms with E-state index in [1.807, 2.05) is 0 Å². The van der Waals surface area contributed by atoms with Gasteiger partial charge in [0.05, 0.1) is 6.10 Å². The van der Waals surface area contributed by atoms with Crippen LogP contribution in [-0.2, 0) is 4.52 Å². The van der Waals surface area contributed by atoms with E-state index >= 15 is 0 Å². The molecular formula is C10H23OP. The Morgan fingerprint density at radius 3 is 2.25 bits per heavy atom. The maximum Gasteiger partial charge on any atom is 0.0615 e. The summed E-state index contributed by atoms with van der Waals surface area (Å²) >= 11 is 0. The van der Waals surface area contributed by atoms with Crippen LogP contribution in [-0.4, -0.2) is 19.4 Å². The molecule has 0 spiro atoms. The second-order valence-corrected chi connectivity index (χ2v) is 5.28. The second-order valence-electron chi connectivity index (χ2n) is 3.44. The molecule has 0 aliphatic rings. The summed E-state index contributed by atoms with van der Waals surface area (Å²) in [5.41, 5.74) is 0. The summed E-state index contributed by atoms with van der Waals surface area (Å²) in [5.74, 6) is 0. The maximum absolute atomic E-state index is 5.81. The zero-order valence-corrected chi connectivity index (χ0v) is 9.86. The quantitative estimate of drug-likeness (QED) is 0.435. The zero-order valence-electron chi connectivity index (χ0n) is 8.97. The number of hydrogen-bond acceptors (Lipinski definition) is 1. The van der Waals surface area contributed by atoms with E-state index in [2.05, 4.69) is 27.2 Å². The largest absolute Gasteiger partial charge is 0.357 e. The van der Waals surface area contributed by atoms with Crippen molar-refractivity contribution in [1.82, 2.24) is 0 Å². The molecule has 1 unspecified atom stereocenters. The Kier molecular flexibility index (Phi) is 8.27. The van der Waals surface area contributed by atoms with Gasteiger partial charge in [0.1, 0.15) is 0 Å². The highest BCUT2D eigenvalue weighted by Crippen LogP contribution is 2.30. The molecule has 1 atom stereocenters. The van der Waals surface area contributed by atoms with Crippen molar-refractivity contribution in [1.29, 1.82) is 0 Å². The molecule has 0 amide bonds. The van der Waals surface area contributed by atoms with Gasteiger partial charge in [-0.15, -0.1) is 0 Å². The van der Waals surface area contributed by atoms with Gasteiger partial charge in [-0.2, -0.15) is 0 Å². The standard InChI is InChI=1S/C10H23OP/c1-5-7-8-9-10(6-2)11-12(3)4/h10H,5-9H2,1-4H3. The van der Waals surface area contributed by atoms with Crippen LogP contribution in [0.5, 0.6) is 0 Å². The van der Waals surface area contributed by atoms with Crippen molar-refractivity contribution in [2.45, 2.75) is 52.1 Å². The first kappa shape index (κ1) is 12.4. The molecule has 1 nitrogen and oxygen atoms in total. The Labute approximate surface area is 78.7 Å². The van der Waals surface area contributed by atoms with Gasteiger partial charge in [0.15, 0.2) is 0 Å². The predicted molar refractivity (Wildman–Crippen MR) is 58.1 cm³/mol. The van der Waals surface area contributed by atoms with Crippen molar-refractivity contribution in [2.24, 2.45) is 0 Å². The third-order valence-electron chi connectivity index (χ3n) is 1.94. The Balaban J connectivity index is 3.39. The van der Waals surface area contributed by atoms with E-state index < -0.39 is 0 Å². The van der Waals surface area contributed by atoms with E-state index in [0.717, 1.165) is 0 Å². The minimum Gasteiger partial charge on any atom is -0.357 e. The van der Waals surface area contributed by atoms with E-state index in [1.54, 1.807) is 0 Å². The molecule has 0 fully saturated rings. The molecule has 74 valence electrons. The van der Waals surface area contributed by atoms with E-state index in [1.165, 1.54) is 32.1 Å². The molecule has 0 aromatic carbocycles. The lowest BCUT2D eigenvalue weighted by Gasteiger charge is -2.18. The maximum atomic E-state index is 5.81. The van der Waals surface area contributed by atoms with Crippen LogP contribution in [0.2, 0.25) is 0 Å². The molecule has 0 aliphatic heterocycles. The molecule has 0 aliphatic carbocycles. The third kappa shape index (κ3) is 7.06. The Hall–Kier alpha value is 0.390. The van der Waals surface area contributed by atoms with Crippen LogP contribution in [0.25, 0.3) is 0 Å². The van der Waals surface area contributed by atoms with Crippen molar-refractivity contribution in [3.8, 4) is 0 Å². The summed E-state index contributed by atoms with van der Waals surface area (Å²) in [6, 6.07) is 0. The SMILES string of the molecule is CCCCCC(CC)OP(C)C. The van der Waals surface area contributed by atoms with Gasteiger partial charge in [-0.3, -0.25) is 0 Å². The van der Waals surface area contributed by atoms with Gasteiger partial charge in [0, 0.05) is 8.15 Å². The molecule has 0 heterocycles. The Morgan fingerprint density at radius 1 is 1.17 bits per heavy atom. The number of hydrogen-bond donors (Lipinski definition) is 0. The highest BCUT2D eigenvalue weighted by atomic mass is 31.1. The molecule has 2 heteroatoms. The topological polar surface area (TPSA) is 9.23 Å². The van der Waals surface area contributed by atoms with Gasteiger partial charge in [0.25, 0.3) is 0 Å². The first-order chi connectivity index (χ1) is 5.70. The average Bonchev–Trinajstić information content (AvgIpc) is 2.02. The van der Waals surface area contributed by atoms with Gasteiger partial charge >= 0.3 is 0 Å². The van der Waals surface area contributed by atoms with Gasteiger partial charge in [-0.05, 0) is 26.2 Å². The van der Waals surface area contributed by atoms with Crippen molar-refractivity contribution < 1.29 is 4.52 Å². The second kappa shape index (κ2) is 8.01. The highest BCUT2D eigenvalue weighted by Gasteiger charge is 2.07. The van der Waals surface area contributed by atoms with E-state index in [0.29, 0.717) is 6.10 Å². The first-order valence-electron chi connectivity index (χ1n) is 5.04. The van der Waals surface area contributed by atoms with Gasteiger partial charge in [0.2, 0.25) is 0 Å². The van der Waals surface area contributed by atoms with Crippen LogP contribution in [0.3, 0.4) is 0 Å². The summed E-state index contributed by atoms with van der Waals surface area (Å²) in [7, 11) is -0.166. The fourth-order valence-corrected chi connectivity index (χ4v) is 2.10. The molecule has 0 radical (unpaired) electrons. The van der Waals surface area contributed by atoms with E-state index in [4.69, 9.17) is 4.52 Å². The lowest BCUT2D eigenvalue weighted by Crippen LogP contribution is -2.07. The molecule has 0 bridgehead atoms. The lowest BCUT2D eigenvalue weighted by atomic mass is 10.1. The average molecular weight is 190 g/mol. The van der Waals surface area contributed by atoms with Crippen LogP contribution in [0.4, 0.5) is 0 Å². The summed E-state index contributed by atoms with van der Waals surface area (Å²) in [6.45, 7) is 8.82. The highest BCUT2D eigenvalue weighted by molar-refractivity contribution is 7.50. The lowest BCUT2D eigenvalue weighted by molar-refractivity contribution is 0.207. The van der Waals surface area contributed by atoms with Gasteiger partial charge in [-0.1, -0.05) is 33.1 Å². The normalized spacial score (nSPS) is 13.8. The minimum absolute atomic E-state index is 0.166. The van der Waals surface area contributed by atoms with Crippen LogP contribution in [0.1, 0.15) is 46.0 Å². The van der Waals surface area contributed by atoms with E-state index in [9.17, 15) is 0 Å². The molecule has 12 heavy (non-hydrogen) atoms. The third-order valence-corrected chi connectivity index (χ3v) is 2.66. The summed E-state index contributed by atoms with van der Waals surface area (Å²) in [6.07, 6.45) is 6.94. The summed E-state index contributed by atoms with van der Waals surface area (Å²) < 4.78 is 5.81. The van der Waals surface area contributed by atoms with Gasteiger partial charge < -0.3 is 4.52 Å². The van der Waals surface area contributed by atoms with Crippen molar-refractivity contribution in [3.63, 3.8) is 0 Å². The van der Waals surface area contributed by atoms with Gasteiger partial charge in [-0.25, -0.2) is 0 Å². The smallest absolute Gasteiger partial charge is 0.0615 e. The molecule has 0 aromatic rings. The van der Waals surface area contributed by atoms with Crippen molar-refractivity contribution in [2.75, 3.05) is 13.3 Å². The van der Waals surface area contributed by atoms with Crippen LogP contribution >= 0.6 is 8.15 Å². The molecular weight excluding hydrogens is 167 g/mol. The molecule has 0 rings (SSSR count). The number of rotatable bonds is 7. The molecule has 0 aromatic heterocycles. The monoisotopic (exact) mass is 190 g/mol. The summed E-state index contributed by atoms with van der Waals surface area (Å²) in [4.78, 5) is 0. The first-order valence-corrected chi connectivity index (χ1v) is 7.20. The minimum atomic E-state index is -0.166. The molecule has 0 saturated heterocycles. The predicted octanol–water partition coefficient (Wildman–Crippen LogP) is 4.02. The van der Waals surface area contributed by atoms with Crippen LogP contribution in [0.15, 0.2) is 0 Å². The fourth-order valence-electron chi connectivity index (χ4n) is 1.25. The van der Waals surface area contributed by atoms with Crippen LogP contribution in [0, 0.1) is 0 Å². The molecule has 0 saturated carbocycles. The number of unbranched alkanes of at least 4 members (excludes halogenated alkanes) is 2. The van der Waals surface area contributed by atoms with E-state index in [-0.39, 0.29) is 8.15 Å². The van der Waals surface area contributed by atoms with Crippen molar-refractivity contribution in [3.05, 3.63) is 0 Å². The zero-order chi connectivity index (χ0) is 9.40. The Morgan fingerprint density at radius 2 is 1.83 bits per heavy atom.